The van der Waals surface area contributed by atoms with Crippen molar-refractivity contribution in [1.29, 1.82) is 0 Å². The molecule has 0 amide bonds. The monoisotopic (exact) mass is 584 g/mol. The average Bonchev–Trinajstić information content (AvgIpc) is 3.48. The number of methoxy groups -OCH3 is 1. The average molecular weight is 585 g/mol. The number of benzene rings is 3. The smallest absolute Gasteiger partial charge is 0.128 e. The van der Waals surface area contributed by atoms with Gasteiger partial charge in [-0.25, -0.2) is 0 Å². The number of phenols is 2. The number of phenolic OH excluding ortho intramolecular Hbond substituents is 2. The topological polar surface area (TPSA) is 65.3 Å². The minimum atomic E-state index is -0.0896. The summed E-state index contributed by atoms with van der Waals surface area (Å²) < 4.78 is 5.56. The third-order valence-electron chi connectivity index (χ3n) is 10.5. The van der Waals surface area contributed by atoms with Crippen LogP contribution in [-0.2, 0) is 17.4 Å². The number of likely N-dealkylation sites (tertiary alicyclic amines) is 1. The van der Waals surface area contributed by atoms with Gasteiger partial charge in [0.2, 0.25) is 0 Å². The summed E-state index contributed by atoms with van der Waals surface area (Å²) in [5.41, 5.74) is 5.69. The maximum absolute atomic E-state index is 11.5. The summed E-state index contributed by atoms with van der Waals surface area (Å²) in [4.78, 5) is 7.36. The van der Waals surface area contributed by atoms with E-state index in [9.17, 15) is 10.2 Å². The lowest BCUT2D eigenvalue weighted by atomic mass is 9.72. The summed E-state index contributed by atoms with van der Waals surface area (Å²) in [6.07, 6.45) is 8.09. The molecule has 0 spiro atoms. The molecule has 3 aromatic carbocycles. The van der Waals surface area contributed by atoms with Gasteiger partial charge in [0, 0.05) is 46.6 Å². The van der Waals surface area contributed by atoms with E-state index in [1.807, 2.05) is 48.7 Å². The van der Waals surface area contributed by atoms with E-state index in [1.54, 1.807) is 7.11 Å². The molecule has 0 bridgehead atoms. The number of aliphatic imine (C=N–C) groups is 1. The maximum atomic E-state index is 11.5. The standard InChI is InChI=1S/C38H52N2O3/c1-8-37(5,9-2)29-22-28(36(42)33(23-29)38(6,10-3)11-4)24-39-25-30-17-15-21-40(30)26-27-16-14-19-32(35(27)41)31-18-12-13-20-34(31)43-7/h12-14,16,18-20,22-24,30,41-42H,8-11,15,17,21,25-26H2,1-7H3/b39-24+/t30-/m0/s1. The Morgan fingerprint density at radius 2 is 1.56 bits per heavy atom. The Bertz CT molecular complexity index is 1400. The van der Waals surface area contributed by atoms with Gasteiger partial charge in [-0.05, 0) is 73.6 Å². The number of hydrogen-bond donors (Lipinski definition) is 2. The van der Waals surface area contributed by atoms with E-state index in [0.717, 1.165) is 78.6 Å². The van der Waals surface area contributed by atoms with Crippen molar-refractivity contribution in [2.45, 2.75) is 103 Å². The Hall–Kier alpha value is -3.31. The first kappa shape index (κ1) is 32.6. The van der Waals surface area contributed by atoms with Crippen LogP contribution in [0.4, 0.5) is 0 Å². The lowest BCUT2D eigenvalue weighted by molar-refractivity contribution is 0.247. The van der Waals surface area contributed by atoms with Crippen molar-refractivity contribution in [1.82, 2.24) is 4.90 Å². The lowest BCUT2D eigenvalue weighted by Gasteiger charge is -2.33. The van der Waals surface area contributed by atoms with Crippen molar-refractivity contribution >= 4 is 6.21 Å². The second-order valence-electron chi connectivity index (χ2n) is 12.8. The molecule has 4 rings (SSSR count). The quantitative estimate of drug-likeness (QED) is 0.197. The van der Waals surface area contributed by atoms with E-state index in [0.29, 0.717) is 24.6 Å². The van der Waals surface area contributed by atoms with E-state index in [2.05, 4.69) is 58.6 Å². The SMILES string of the molecule is CCC(C)(CC)c1cc(/C=N/C[C@@H]2CCCN2Cc2cccc(-c3ccccc3OC)c2O)c(O)c(C(C)(CC)CC)c1. The Labute approximate surface area is 259 Å². The van der Waals surface area contributed by atoms with Gasteiger partial charge in [-0.1, -0.05) is 84.0 Å². The largest absolute Gasteiger partial charge is 0.507 e. The first-order chi connectivity index (χ1) is 20.6. The summed E-state index contributed by atoms with van der Waals surface area (Å²) in [7, 11) is 1.66. The molecule has 1 saturated heterocycles. The van der Waals surface area contributed by atoms with Crippen molar-refractivity contribution in [3.8, 4) is 28.4 Å². The van der Waals surface area contributed by atoms with Crippen molar-refractivity contribution < 1.29 is 14.9 Å². The maximum Gasteiger partial charge on any atom is 0.128 e. The molecule has 5 nitrogen and oxygen atoms in total. The molecule has 0 unspecified atom stereocenters. The molecule has 43 heavy (non-hydrogen) atoms. The number of hydrogen-bond acceptors (Lipinski definition) is 5. The second kappa shape index (κ2) is 14.0. The number of aromatic hydroxyl groups is 2. The Morgan fingerprint density at radius 3 is 2.23 bits per heavy atom. The number of ether oxygens (including phenoxy) is 1. The summed E-state index contributed by atoms with van der Waals surface area (Å²) in [5.74, 6) is 1.42. The lowest BCUT2D eigenvalue weighted by Crippen LogP contribution is -2.31. The molecule has 2 N–H and O–H groups in total. The highest BCUT2D eigenvalue weighted by Gasteiger charge is 2.31. The molecule has 1 heterocycles. The van der Waals surface area contributed by atoms with Crippen LogP contribution in [0.5, 0.6) is 17.2 Å². The Kier molecular flexibility index (Phi) is 10.6. The number of rotatable bonds is 13. The van der Waals surface area contributed by atoms with Crippen LogP contribution < -0.4 is 4.74 Å². The molecule has 0 aliphatic carbocycles. The number of para-hydroxylation sites is 2. The van der Waals surface area contributed by atoms with Crippen molar-refractivity contribution in [3.63, 3.8) is 0 Å². The minimum absolute atomic E-state index is 0.0516. The molecule has 3 aromatic rings. The fourth-order valence-corrected chi connectivity index (χ4v) is 6.46. The third-order valence-corrected chi connectivity index (χ3v) is 10.5. The van der Waals surface area contributed by atoms with Gasteiger partial charge in [0.1, 0.15) is 17.2 Å². The van der Waals surface area contributed by atoms with Gasteiger partial charge >= 0.3 is 0 Å². The highest BCUT2D eigenvalue weighted by atomic mass is 16.5. The molecule has 1 atom stereocenters. The van der Waals surface area contributed by atoms with Gasteiger partial charge in [0.15, 0.2) is 0 Å². The van der Waals surface area contributed by atoms with Crippen LogP contribution in [0.25, 0.3) is 11.1 Å². The predicted molar refractivity (Wildman–Crippen MR) is 180 cm³/mol. The van der Waals surface area contributed by atoms with Gasteiger partial charge in [-0.15, -0.1) is 0 Å². The summed E-state index contributed by atoms with van der Waals surface area (Å²) in [6, 6.07) is 18.5. The van der Waals surface area contributed by atoms with Gasteiger partial charge in [0.05, 0.1) is 13.7 Å². The molecule has 1 aliphatic rings. The molecular weight excluding hydrogens is 532 g/mol. The van der Waals surface area contributed by atoms with Gasteiger partial charge < -0.3 is 14.9 Å². The van der Waals surface area contributed by atoms with Crippen LogP contribution in [0.2, 0.25) is 0 Å². The molecule has 232 valence electrons. The van der Waals surface area contributed by atoms with Gasteiger partial charge in [-0.3, -0.25) is 9.89 Å². The highest BCUT2D eigenvalue weighted by molar-refractivity contribution is 5.85. The zero-order valence-corrected chi connectivity index (χ0v) is 27.4. The van der Waals surface area contributed by atoms with Gasteiger partial charge in [-0.2, -0.15) is 0 Å². The molecule has 1 aliphatic heterocycles. The van der Waals surface area contributed by atoms with E-state index < -0.39 is 0 Å². The van der Waals surface area contributed by atoms with Crippen LogP contribution in [-0.4, -0.2) is 47.6 Å². The zero-order valence-electron chi connectivity index (χ0n) is 27.4. The van der Waals surface area contributed by atoms with Crippen molar-refractivity contribution in [2.75, 3.05) is 20.2 Å². The first-order valence-corrected chi connectivity index (χ1v) is 16.2. The molecule has 5 heteroatoms. The third kappa shape index (κ3) is 6.77. The van der Waals surface area contributed by atoms with Crippen LogP contribution in [0.15, 0.2) is 59.6 Å². The molecule has 0 saturated carbocycles. The summed E-state index contributed by atoms with van der Waals surface area (Å²) in [5, 5.41) is 22.8. The second-order valence-corrected chi connectivity index (χ2v) is 12.8. The van der Waals surface area contributed by atoms with Gasteiger partial charge in [0.25, 0.3) is 0 Å². The normalized spacial score (nSPS) is 16.3. The number of nitrogens with zero attached hydrogens (tertiary/aromatic N) is 2. The fourth-order valence-electron chi connectivity index (χ4n) is 6.46. The van der Waals surface area contributed by atoms with Crippen LogP contribution in [0.3, 0.4) is 0 Å². The van der Waals surface area contributed by atoms with Crippen LogP contribution in [0, 0.1) is 0 Å². The highest BCUT2D eigenvalue weighted by Crippen LogP contribution is 2.43. The minimum Gasteiger partial charge on any atom is -0.507 e. The molecule has 1 fully saturated rings. The van der Waals surface area contributed by atoms with Crippen LogP contribution >= 0.6 is 0 Å². The predicted octanol–water partition coefficient (Wildman–Crippen LogP) is 9.01. The fraction of sp³-hybridized carbons (Fsp3) is 0.500. The van der Waals surface area contributed by atoms with Crippen molar-refractivity contribution in [2.24, 2.45) is 4.99 Å². The van der Waals surface area contributed by atoms with E-state index in [-0.39, 0.29) is 16.9 Å². The van der Waals surface area contributed by atoms with E-state index >= 15 is 0 Å². The zero-order chi connectivity index (χ0) is 31.2. The Morgan fingerprint density at radius 1 is 0.884 bits per heavy atom. The van der Waals surface area contributed by atoms with Crippen LogP contribution in [0.1, 0.15) is 102 Å². The summed E-state index contributed by atoms with van der Waals surface area (Å²) >= 11 is 0. The van der Waals surface area contributed by atoms with Crippen molar-refractivity contribution in [3.05, 3.63) is 76.9 Å². The van der Waals surface area contributed by atoms with E-state index in [1.165, 1.54) is 5.56 Å². The molecule has 0 aromatic heterocycles. The molecular formula is C38H52N2O3. The Balaban J connectivity index is 1.58. The molecule has 0 radical (unpaired) electrons. The summed E-state index contributed by atoms with van der Waals surface area (Å²) in [6.45, 7) is 15.8. The first-order valence-electron chi connectivity index (χ1n) is 16.2. The van der Waals surface area contributed by atoms with E-state index in [4.69, 9.17) is 9.73 Å².